The quantitative estimate of drug-likeness (QED) is 0.00973. The number of benzene rings is 2. The van der Waals surface area contributed by atoms with Gasteiger partial charge in [0.15, 0.2) is 15.6 Å². The van der Waals surface area contributed by atoms with Crippen LogP contribution in [0.2, 0.25) is 0 Å². The number of nitrogens with zero attached hydrogens (tertiary/aromatic N) is 3. The molecule has 0 saturated heterocycles. The minimum absolute atomic E-state index is 0.00885. The lowest BCUT2D eigenvalue weighted by Crippen LogP contribution is -2.52. The van der Waals surface area contributed by atoms with Crippen LogP contribution in [0.1, 0.15) is 173 Å². The summed E-state index contributed by atoms with van der Waals surface area (Å²) >= 11 is 0. The predicted molar refractivity (Wildman–Crippen MR) is 394 cm³/mol. The first kappa shape index (κ1) is 90.4. The van der Waals surface area contributed by atoms with Gasteiger partial charge in [-0.2, -0.15) is 0 Å². The minimum Gasteiger partial charge on any atom is -0.457 e. The molecule has 2 aromatic carbocycles. The van der Waals surface area contributed by atoms with Crippen molar-refractivity contribution in [3.05, 3.63) is 95.7 Å². The van der Waals surface area contributed by atoms with Crippen LogP contribution >= 0.6 is 0 Å². The van der Waals surface area contributed by atoms with Gasteiger partial charge in [0.05, 0.1) is 16.7 Å². The molecule has 0 bridgehead atoms. The van der Waals surface area contributed by atoms with E-state index >= 15 is 0 Å². The molecule has 103 heavy (non-hydrogen) atoms. The zero-order valence-electron chi connectivity index (χ0n) is 60.0. The van der Waals surface area contributed by atoms with Crippen LogP contribution in [0, 0.1) is 62.2 Å². The number of Topliss-reactive ketones (excluding diaryl/α,β-unsaturated/α-hetero) is 1. The number of carbonyl (C=O) groups is 11. The molecule has 0 saturated carbocycles. The Hall–Kier alpha value is -10.6. The average molecular weight is 1450 g/mol. The molecule has 560 valence electrons. The number of carbonyl (C=O) groups excluding carboxylic acids is 11. The lowest BCUT2D eigenvalue weighted by molar-refractivity contribution is -0.145. The predicted octanol–water partition coefficient (Wildman–Crippen LogP) is 5.50. The van der Waals surface area contributed by atoms with E-state index in [1.165, 1.54) is 45.3 Å². The monoisotopic (exact) mass is 1440 g/mol. The van der Waals surface area contributed by atoms with E-state index in [-0.39, 0.29) is 93.6 Å². The van der Waals surface area contributed by atoms with Gasteiger partial charge in [0.25, 0.3) is 0 Å². The maximum Gasteiger partial charge on any atom is 0.303 e. The molecular weight excluding hydrogens is 1340 g/mol. The van der Waals surface area contributed by atoms with Crippen molar-refractivity contribution in [1.82, 2.24) is 53.2 Å². The topological polar surface area (TPSA) is 412 Å². The summed E-state index contributed by atoms with van der Waals surface area (Å²) in [6, 6.07) is 7.55. The average Bonchev–Trinajstić information content (AvgIpc) is 0.819. The number of hydrogen-bond donors (Lipinski definition) is 11. The van der Waals surface area contributed by atoms with Gasteiger partial charge in [0, 0.05) is 109 Å². The van der Waals surface area contributed by atoms with Crippen molar-refractivity contribution in [1.29, 1.82) is 0 Å². The van der Waals surface area contributed by atoms with Gasteiger partial charge in [0.2, 0.25) is 53.2 Å². The van der Waals surface area contributed by atoms with E-state index in [0.717, 1.165) is 18.4 Å². The number of amides is 9. The molecular formula is C74H104N14O14S. The zero-order valence-corrected chi connectivity index (χ0v) is 60.8. The highest BCUT2D eigenvalue weighted by atomic mass is 32.2. The van der Waals surface area contributed by atoms with Crippen molar-refractivity contribution in [3.8, 4) is 49.4 Å². The van der Waals surface area contributed by atoms with Crippen molar-refractivity contribution in [2.45, 2.75) is 210 Å². The van der Waals surface area contributed by atoms with Gasteiger partial charge in [-0.05, 0) is 125 Å². The fourth-order valence-electron chi connectivity index (χ4n) is 10.1. The van der Waals surface area contributed by atoms with E-state index in [9.17, 15) is 61.2 Å². The fourth-order valence-corrected chi connectivity index (χ4v) is 11.5. The molecule has 0 aromatic heterocycles. The molecule has 9 amide bonds. The minimum atomic E-state index is -3.72. The van der Waals surface area contributed by atoms with Gasteiger partial charge in [-0.15, -0.1) is 49.4 Å². The second-order valence-corrected chi connectivity index (χ2v) is 26.1. The Bertz CT molecular complexity index is 3460. The summed E-state index contributed by atoms with van der Waals surface area (Å²) in [5.74, 6) is 3.50. The van der Waals surface area contributed by atoms with E-state index in [1.54, 1.807) is 36.4 Å². The highest BCUT2D eigenvalue weighted by Gasteiger charge is 2.31. The molecule has 28 nitrogen and oxygen atoms in total. The standard InChI is InChI=1S/C51H76N10O9.C23H28N4O5S/c1-10-17-31-54-46(65)38(35-45(64)39(60-51(70)43(27-14-5)59-37(9)63)29-19-22-33-55-47(66)40(24-11-2)52-15-6)28-18-21-32-57-49(68)44(61-50(69)41(25-12-3)53-16-7)30-20-23-34-56-48(67)42(26-13-4)58-36(8)62;1-17-10-12-21(13-11-17)33(30,31)16-22(32-18(2)28)19-7-6-8-20(15-19)26-23(29)9-4-3-5-14-25-27-24/h2-5,15-16,38-44,52-53H,6-7,10,17-35H2,1,8-9H3,(H,54,65)(H,55,66)(H,56,67)(H,57,68)(H,58,62)(H,59,63)(H,60,70)(H,61,69);6-8,10-13,15,22H,3-5,9,14,16H2,1-2H3,(H,26,29)/t38-,39-,40+,41-,42+,43-,44-;/m0./s1. The van der Waals surface area contributed by atoms with Gasteiger partial charge < -0.3 is 63.2 Å². The normalized spacial score (nSPS) is 12.8. The molecule has 8 atom stereocenters. The number of unbranched alkanes of at least 4 members (excludes halogenated alkanes) is 6. The van der Waals surface area contributed by atoms with Crippen LogP contribution in [-0.2, 0) is 67.3 Å². The highest BCUT2D eigenvalue weighted by molar-refractivity contribution is 7.91. The van der Waals surface area contributed by atoms with Crippen molar-refractivity contribution >= 4 is 80.4 Å². The molecule has 0 fully saturated rings. The SMILES string of the molecule is C#CC[C@H](NC=C)C(=O)N[C@@H](CCCCNC(=O)[C@@H](CC#C)NC(C)=O)C(=O)NCCCC[C@@H](CC(=O)[C@H](CCCCNC(=O)[C@@H](CC#C)NC=C)NC(=O)[C@H](CC#C)NC(C)=O)C(=O)NCCCC.CC(=O)OC(CS(=O)(=O)c1ccc(C)cc1)c1cccc(NC(=O)CCCCCN=[N+]=[N-])c1. The molecule has 0 aliphatic rings. The first-order valence-electron chi connectivity index (χ1n) is 34.4. The number of ketones is 1. The number of hydrogen-bond acceptors (Lipinski definition) is 17. The van der Waals surface area contributed by atoms with Crippen LogP contribution in [0.5, 0.6) is 0 Å². The van der Waals surface area contributed by atoms with Crippen molar-refractivity contribution in [2.24, 2.45) is 11.0 Å². The molecule has 29 heteroatoms. The smallest absolute Gasteiger partial charge is 0.303 e. The molecule has 0 heterocycles. The Morgan fingerprint density at radius 1 is 0.573 bits per heavy atom. The molecule has 0 aliphatic heterocycles. The van der Waals surface area contributed by atoms with Gasteiger partial charge in [-0.1, -0.05) is 74.3 Å². The second kappa shape index (κ2) is 53.3. The molecule has 0 spiro atoms. The molecule has 11 N–H and O–H groups in total. The lowest BCUT2D eigenvalue weighted by atomic mass is 9.91. The number of ether oxygens (including phenoxy) is 1. The summed E-state index contributed by atoms with van der Waals surface area (Å²) in [7, 11) is -3.72. The third-order valence-electron chi connectivity index (χ3n) is 15.5. The van der Waals surface area contributed by atoms with E-state index in [1.807, 2.05) is 13.8 Å². The van der Waals surface area contributed by atoms with E-state index in [2.05, 4.69) is 105 Å². The Kier molecular flexibility index (Phi) is 46.8. The molecule has 2 rings (SSSR count). The van der Waals surface area contributed by atoms with Crippen molar-refractivity contribution < 1.29 is 65.9 Å². The maximum absolute atomic E-state index is 14.1. The number of terminal acetylenes is 4. The van der Waals surface area contributed by atoms with E-state index in [0.29, 0.717) is 88.5 Å². The number of aryl methyl sites for hydroxylation is 1. The molecule has 0 radical (unpaired) electrons. The Morgan fingerprint density at radius 2 is 1.05 bits per heavy atom. The summed E-state index contributed by atoms with van der Waals surface area (Å²) < 4.78 is 31.1. The Morgan fingerprint density at radius 3 is 1.57 bits per heavy atom. The first-order chi connectivity index (χ1) is 49.2. The highest BCUT2D eigenvalue weighted by Crippen LogP contribution is 2.27. The maximum atomic E-state index is 14.1. The molecule has 2 aromatic rings. The molecule has 1 unspecified atom stereocenters. The van der Waals surface area contributed by atoms with Crippen LogP contribution in [-0.4, -0.2) is 148 Å². The van der Waals surface area contributed by atoms with E-state index in [4.69, 9.17) is 36.0 Å². The van der Waals surface area contributed by atoms with E-state index < -0.39 is 111 Å². The van der Waals surface area contributed by atoms with Crippen LogP contribution in [0.4, 0.5) is 5.69 Å². The number of rotatable bonds is 51. The van der Waals surface area contributed by atoms with Crippen molar-refractivity contribution in [2.75, 3.05) is 43.8 Å². The largest absolute Gasteiger partial charge is 0.457 e. The van der Waals surface area contributed by atoms with Gasteiger partial charge in [0.1, 0.15) is 36.3 Å². The number of azide groups is 1. The van der Waals surface area contributed by atoms with Gasteiger partial charge >= 0.3 is 5.97 Å². The first-order valence-corrected chi connectivity index (χ1v) is 36.0. The molecule has 0 aliphatic carbocycles. The fraction of sp³-hybridized carbons (Fsp3) is 0.527. The summed E-state index contributed by atoms with van der Waals surface area (Å²) in [5.41, 5.74) is 10.1. The zero-order chi connectivity index (χ0) is 77.0. The summed E-state index contributed by atoms with van der Waals surface area (Å²) in [6.07, 6.45) is 30.2. The Balaban J connectivity index is 0.00000133. The van der Waals surface area contributed by atoms with Crippen LogP contribution in [0.3, 0.4) is 0 Å². The number of nitrogens with one attached hydrogen (secondary N) is 11. The number of sulfone groups is 1. The van der Waals surface area contributed by atoms with Crippen molar-refractivity contribution in [3.63, 3.8) is 0 Å². The lowest BCUT2D eigenvalue weighted by Gasteiger charge is -2.24. The third kappa shape index (κ3) is 39.8. The van der Waals surface area contributed by atoms with Gasteiger partial charge in [-0.25, -0.2) is 8.42 Å². The summed E-state index contributed by atoms with van der Waals surface area (Å²) in [4.78, 5) is 143. The third-order valence-corrected chi connectivity index (χ3v) is 17.2. The van der Waals surface area contributed by atoms with Crippen LogP contribution in [0.15, 0.2) is 84.1 Å². The number of esters is 1. The summed E-state index contributed by atoms with van der Waals surface area (Å²) in [6.45, 7) is 16.2. The van der Waals surface area contributed by atoms with Crippen LogP contribution < -0.4 is 58.5 Å². The summed E-state index contributed by atoms with van der Waals surface area (Å²) in [5, 5.41) is 33.6. The Labute approximate surface area is 606 Å². The second-order valence-electron chi connectivity index (χ2n) is 24.1. The van der Waals surface area contributed by atoms with Gasteiger partial charge in [-0.3, -0.25) is 52.7 Å². The number of anilines is 1. The van der Waals surface area contributed by atoms with Crippen LogP contribution in [0.25, 0.3) is 10.4 Å².